The van der Waals surface area contributed by atoms with E-state index in [1.807, 2.05) is 0 Å². The fourth-order valence-electron chi connectivity index (χ4n) is 3.01. The number of allylic oxidation sites excluding steroid dienone is 2. The van der Waals surface area contributed by atoms with Gasteiger partial charge in [-0.25, -0.2) is 0 Å². The highest BCUT2D eigenvalue weighted by Gasteiger charge is 2.36. The number of rotatable bonds is 0. The number of fused-ring (bicyclic) bond motifs is 4. The molecule has 2 heterocycles. The van der Waals surface area contributed by atoms with Crippen molar-refractivity contribution in [3.63, 3.8) is 0 Å². The van der Waals surface area contributed by atoms with Crippen LogP contribution in [0.5, 0.6) is 0 Å². The van der Waals surface area contributed by atoms with Gasteiger partial charge in [-0.05, 0) is 17.7 Å². The molecular formula is C16H14N2. The third kappa shape index (κ3) is 1.20. The van der Waals surface area contributed by atoms with Gasteiger partial charge in [0.15, 0.2) is 0 Å². The summed E-state index contributed by atoms with van der Waals surface area (Å²) < 4.78 is 0. The van der Waals surface area contributed by atoms with Gasteiger partial charge in [-0.3, -0.25) is 4.99 Å². The van der Waals surface area contributed by atoms with Crippen molar-refractivity contribution in [1.82, 2.24) is 0 Å². The lowest BCUT2D eigenvalue weighted by Gasteiger charge is -2.28. The minimum Gasteiger partial charge on any atom is -0.329 e. The molecule has 1 aliphatic carbocycles. The largest absolute Gasteiger partial charge is 0.329 e. The number of hydrogen-bond donors (Lipinski definition) is 0. The minimum absolute atomic E-state index is 0.285. The Kier molecular flexibility index (Phi) is 1.90. The lowest BCUT2D eigenvalue weighted by molar-refractivity contribution is 0.707. The molecule has 0 saturated carbocycles. The van der Waals surface area contributed by atoms with E-state index in [9.17, 15) is 0 Å². The number of nitrogens with zero attached hydrogens (tertiary/aromatic N) is 2. The Morgan fingerprint density at radius 1 is 1.11 bits per heavy atom. The van der Waals surface area contributed by atoms with Crippen molar-refractivity contribution in [1.29, 1.82) is 0 Å². The number of likely N-dealkylation sites (N-methyl/N-ethyl adjacent to an activating group) is 1. The second-order valence-corrected chi connectivity index (χ2v) is 4.96. The molecular weight excluding hydrogens is 220 g/mol. The van der Waals surface area contributed by atoms with E-state index in [-0.39, 0.29) is 6.04 Å². The van der Waals surface area contributed by atoms with E-state index < -0.39 is 0 Å². The first-order valence-electron chi connectivity index (χ1n) is 6.32. The second-order valence-electron chi connectivity index (χ2n) is 4.96. The second kappa shape index (κ2) is 3.45. The molecule has 4 rings (SSSR count). The maximum atomic E-state index is 4.85. The molecule has 1 aromatic carbocycles. The van der Waals surface area contributed by atoms with Crippen LogP contribution >= 0.6 is 0 Å². The first-order chi connectivity index (χ1) is 8.84. The lowest BCUT2D eigenvalue weighted by atomic mass is 9.87. The zero-order valence-corrected chi connectivity index (χ0v) is 10.2. The highest BCUT2D eigenvalue weighted by atomic mass is 15.2. The van der Waals surface area contributed by atoms with E-state index in [4.69, 9.17) is 4.99 Å². The molecule has 0 fully saturated rings. The standard InChI is InChI=1S/C16H14N2/c1-18-15-9-5-2-6-11(15)10-13-12-7-3-4-8-14(12)17-16(13)18/h2-10,12,14H,1H3. The fourth-order valence-corrected chi connectivity index (χ4v) is 3.01. The highest BCUT2D eigenvalue weighted by Crippen LogP contribution is 2.39. The van der Waals surface area contributed by atoms with Gasteiger partial charge < -0.3 is 4.90 Å². The molecule has 0 radical (unpaired) electrons. The average Bonchev–Trinajstić information content (AvgIpc) is 2.79. The number of hydrogen-bond acceptors (Lipinski definition) is 2. The van der Waals surface area contributed by atoms with E-state index in [0.29, 0.717) is 5.92 Å². The molecule has 3 aliphatic rings. The van der Waals surface area contributed by atoms with Crippen LogP contribution in [0.4, 0.5) is 5.69 Å². The van der Waals surface area contributed by atoms with Gasteiger partial charge in [0.2, 0.25) is 0 Å². The van der Waals surface area contributed by atoms with Crippen LogP contribution < -0.4 is 4.90 Å². The molecule has 2 unspecified atom stereocenters. The van der Waals surface area contributed by atoms with Crippen LogP contribution in [0.3, 0.4) is 0 Å². The van der Waals surface area contributed by atoms with Gasteiger partial charge >= 0.3 is 0 Å². The third-order valence-electron chi connectivity index (χ3n) is 3.92. The van der Waals surface area contributed by atoms with E-state index in [2.05, 4.69) is 66.6 Å². The minimum atomic E-state index is 0.285. The first kappa shape index (κ1) is 9.89. The molecule has 0 N–H and O–H groups in total. The van der Waals surface area contributed by atoms with Crippen molar-refractivity contribution < 1.29 is 0 Å². The van der Waals surface area contributed by atoms with Crippen LogP contribution in [0.15, 0.2) is 59.1 Å². The van der Waals surface area contributed by atoms with Crippen molar-refractivity contribution >= 4 is 17.6 Å². The Balaban J connectivity index is 1.91. The molecule has 18 heavy (non-hydrogen) atoms. The molecule has 2 nitrogen and oxygen atoms in total. The lowest BCUT2D eigenvalue weighted by Crippen LogP contribution is -2.30. The first-order valence-corrected chi connectivity index (χ1v) is 6.32. The summed E-state index contributed by atoms with van der Waals surface area (Å²) in [4.78, 5) is 7.06. The Morgan fingerprint density at radius 3 is 2.89 bits per heavy atom. The summed E-state index contributed by atoms with van der Waals surface area (Å²) in [6.45, 7) is 0. The molecule has 88 valence electrons. The van der Waals surface area contributed by atoms with E-state index in [0.717, 1.165) is 5.84 Å². The fraction of sp³-hybridized carbons (Fsp3) is 0.188. The molecule has 0 spiro atoms. The van der Waals surface area contributed by atoms with Gasteiger partial charge in [0.05, 0.1) is 6.04 Å². The van der Waals surface area contributed by atoms with Crippen molar-refractivity contribution in [2.24, 2.45) is 10.9 Å². The summed E-state index contributed by atoms with van der Waals surface area (Å²) in [6, 6.07) is 8.78. The van der Waals surface area contributed by atoms with Gasteiger partial charge in [-0.15, -0.1) is 0 Å². The van der Waals surface area contributed by atoms with E-state index >= 15 is 0 Å². The van der Waals surface area contributed by atoms with Gasteiger partial charge in [-0.1, -0.05) is 42.5 Å². The Labute approximate surface area is 107 Å². The summed E-state index contributed by atoms with van der Waals surface area (Å²) >= 11 is 0. The number of benzene rings is 1. The van der Waals surface area contributed by atoms with Crippen molar-refractivity contribution in [2.45, 2.75) is 6.04 Å². The maximum Gasteiger partial charge on any atom is 0.132 e. The molecule has 0 saturated heterocycles. The van der Waals surface area contributed by atoms with Crippen molar-refractivity contribution in [2.75, 3.05) is 11.9 Å². The normalized spacial score (nSPS) is 27.3. The summed E-state index contributed by atoms with van der Waals surface area (Å²) in [6.07, 6.45) is 11.0. The zero-order chi connectivity index (χ0) is 12.1. The highest BCUT2D eigenvalue weighted by molar-refractivity contribution is 6.17. The monoisotopic (exact) mass is 234 g/mol. The number of anilines is 1. The number of amidine groups is 1. The average molecular weight is 234 g/mol. The molecule has 0 bridgehead atoms. The van der Waals surface area contributed by atoms with Crippen LogP contribution in [0.25, 0.3) is 6.08 Å². The predicted octanol–water partition coefficient (Wildman–Crippen LogP) is 3.04. The van der Waals surface area contributed by atoms with Crippen molar-refractivity contribution in [3.8, 4) is 0 Å². The SMILES string of the molecule is CN1C2=NC3C=CC=CC3C2=Cc2ccccc21. The number of para-hydroxylation sites is 1. The zero-order valence-electron chi connectivity index (χ0n) is 10.2. The maximum absolute atomic E-state index is 4.85. The Hall–Kier alpha value is -2.09. The Bertz CT molecular complexity index is 634. The smallest absolute Gasteiger partial charge is 0.132 e. The van der Waals surface area contributed by atoms with Crippen LogP contribution in [-0.4, -0.2) is 18.9 Å². The molecule has 1 aromatic rings. The van der Waals surface area contributed by atoms with Gasteiger partial charge in [-0.2, -0.15) is 0 Å². The molecule has 0 aromatic heterocycles. The van der Waals surface area contributed by atoms with Gasteiger partial charge in [0.25, 0.3) is 0 Å². The summed E-state index contributed by atoms with van der Waals surface area (Å²) in [7, 11) is 2.11. The van der Waals surface area contributed by atoms with Gasteiger partial charge in [0, 0.05) is 24.2 Å². The van der Waals surface area contributed by atoms with E-state index in [1.54, 1.807) is 0 Å². The van der Waals surface area contributed by atoms with Crippen LogP contribution in [0.2, 0.25) is 0 Å². The molecule has 0 amide bonds. The summed E-state index contributed by atoms with van der Waals surface area (Å²) in [5, 5.41) is 0. The summed E-state index contributed by atoms with van der Waals surface area (Å²) in [5.41, 5.74) is 3.88. The third-order valence-corrected chi connectivity index (χ3v) is 3.92. The summed E-state index contributed by atoms with van der Waals surface area (Å²) in [5.74, 6) is 1.54. The Morgan fingerprint density at radius 2 is 1.94 bits per heavy atom. The van der Waals surface area contributed by atoms with Crippen LogP contribution in [-0.2, 0) is 0 Å². The van der Waals surface area contributed by atoms with Crippen LogP contribution in [0, 0.1) is 5.92 Å². The quantitative estimate of drug-likeness (QED) is 0.673. The predicted molar refractivity (Wildman–Crippen MR) is 75.8 cm³/mol. The topological polar surface area (TPSA) is 15.6 Å². The molecule has 2 atom stereocenters. The van der Waals surface area contributed by atoms with E-state index in [1.165, 1.54) is 16.8 Å². The van der Waals surface area contributed by atoms with Crippen LogP contribution in [0.1, 0.15) is 5.56 Å². The number of aliphatic imine (C=N–C) groups is 1. The van der Waals surface area contributed by atoms with Crippen molar-refractivity contribution in [3.05, 3.63) is 59.7 Å². The van der Waals surface area contributed by atoms with Gasteiger partial charge in [0.1, 0.15) is 5.84 Å². The molecule has 2 heteroatoms. The molecule has 2 aliphatic heterocycles.